The Kier molecular flexibility index (Phi) is 7.01. The van der Waals surface area contributed by atoms with Gasteiger partial charge in [0.05, 0.1) is 28.1 Å². The Labute approximate surface area is 263 Å². The maximum absolute atomic E-state index is 14.9. The molecule has 7 rings (SSSR count). The summed E-state index contributed by atoms with van der Waals surface area (Å²) >= 11 is 1.31. The van der Waals surface area contributed by atoms with Gasteiger partial charge in [-0.2, -0.15) is 13.2 Å². The molecule has 2 aromatic heterocycles. The lowest BCUT2D eigenvalue weighted by atomic mass is 9.76. The van der Waals surface area contributed by atoms with E-state index in [0.717, 1.165) is 36.0 Å². The summed E-state index contributed by atoms with van der Waals surface area (Å²) in [6.45, 7) is 0.268. The van der Waals surface area contributed by atoms with E-state index in [-0.39, 0.29) is 46.8 Å². The molecule has 0 saturated heterocycles. The van der Waals surface area contributed by atoms with Crippen LogP contribution in [0.2, 0.25) is 0 Å². The number of carbonyl (C=O) groups is 2. The van der Waals surface area contributed by atoms with Crippen LogP contribution in [0, 0.1) is 18.7 Å². The molecule has 2 fully saturated rings. The molecule has 2 amide bonds. The van der Waals surface area contributed by atoms with Crippen molar-refractivity contribution in [1.82, 2.24) is 15.3 Å². The third-order valence-electron chi connectivity index (χ3n) is 8.77. The van der Waals surface area contributed by atoms with E-state index in [1.807, 2.05) is 0 Å². The Morgan fingerprint density at radius 3 is 2.48 bits per heavy atom. The number of pyridine rings is 1. The van der Waals surface area contributed by atoms with Gasteiger partial charge in [-0.1, -0.05) is 0 Å². The molecule has 46 heavy (non-hydrogen) atoms. The van der Waals surface area contributed by atoms with Crippen LogP contribution in [0.1, 0.15) is 52.3 Å². The molecule has 3 aliphatic rings. The number of nitrogens with two attached hydrogens (primary N) is 1. The van der Waals surface area contributed by atoms with Crippen molar-refractivity contribution < 1.29 is 41.7 Å². The highest BCUT2D eigenvalue weighted by atomic mass is 32.1. The molecule has 2 atom stereocenters. The van der Waals surface area contributed by atoms with Crippen LogP contribution in [0.4, 0.5) is 17.6 Å². The number of rotatable bonds is 9. The number of nitrogens with one attached hydrogen (secondary N) is 1. The number of hydrogen-bond donors (Lipinski definition) is 3. The van der Waals surface area contributed by atoms with E-state index in [0.29, 0.717) is 28.8 Å². The molecule has 2 saturated carbocycles. The summed E-state index contributed by atoms with van der Waals surface area (Å²) < 4.78 is 70.9. The number of ether oxygens (including phenoxy) is 2. The van der Waals surface area contributed by atoms with Crippen molar-refractivity contribution in [2.75, 3.05) is 13.2 Å². The molecule has 2 aromatic carbocycles. The Hall–Kier alpha value is -4.30. The summed E-state index contributed by atoms with van der Waals surface area (Å²) in [4.78, 5) is 34.9. The van der Waals surface area contributed by atoms with Crippen LogP contribution in [0.15, 0.2) is 42.5 Å². The Balaban J connectivity index is 1.29. The third kappa shape index (κ3) is 5.03. The number of amides is 2. The van der Waals surface area contributed by atoms with Gasteiger partial charge in [0.15, 0.2) is 0 Å². The SMILES string of the molecule is Cc1nc2c(OC3CC3)cc(C(=O)NCC(O)(c3cc4c(c(-c5ccc(F)cc5)n3)OC[C@@]4(C(N)=O)C3CC3)C(F)(F)F)cc2s1. The highest BCUT2D eigenvalue weighted by Crippen LogP contribution is 2.56. The van der Waals surface area contributed by atoms with Crippen LogP contribution in [0.25, 0.3) is 21.5 Å². The van der Waals surface area contributed by atoms with Crippen LogP contribution >= 0.6 is 11.3 Å². The molecule has 1 unspecified atom stereocenters. The highest BCUT2D eigenvalue weighted by molar-refractivity contribution is 7.18. The van der Waals surface area contributed by atoms with E-state index in [9.17, 15) is 32.3 Å². The van der Waals surface area contributed by atoms with Crippen molar-refractivity contribution >= 4 is 33.4 Å². The molecular weight excluding hydrogens is 628 g/mol. The zero-order valence-corrected chi connectivity index (χ0v) is 25.2. The van der Waals surface area contributed by atoms with Crippen LogP contribution in [0.5, 0.6) is 11.5 Å². The second kappa shape index (κ2) is 10.6. The predicted octanol–water partition coefficient (Wildman–Crippen LogP) is 5.05. The topological polar surface area (TPSA) is 137 Å². The minimum atomic E-state index is -5.34. The van der Waals surface area contributed by atoms with Crippen molar-refractivity contribution in [2.24, 2.45) is 11.7 Å². The molecule has 2 aliphatic carbocycles. The molecule has 4 aromatic rings. The second-order valence-corrected chi connectivity index (χ2v) is 13.3. The van der Waals surface area contributed by atoms with Gasteiger partial charge in [0.2, 0.25) is 11.5 Å². The van der Waals surface area contributed by atoms with Crippen LogP contribution in [-0.4, -0.2) is 52.3 Å². The van der Waals surface area contributed by atoms with Gasteiger partial charge in [0.1, 0.15) is 40.5 Å². The molecule has 0 bridgehead atoms. The minimum absolute atomic E-state index is 0.0211. The lowest BCUT2D eigenvalue weighted by Gasteiger charge is -2.32. The van der Waals surface area contributed by atoms with Crippen molar-refractivity contribution in [2.45, 2.75) is 55.9 Å². The monoisotopic (exact) mass is 656 g/mol. The summed E-state index contributed by atoms with van der Waals surface area (Å²) in [5.74, 6) is -2.15. The Bertz CT molecular complexity index is 1890. The van der Waals surface area contributed by atoms with E-state index in [4.69, 9.17) is 15.2 Å². The van der Waals surface area contributed by atoms with Gasteiger partial charge < -0.3 is 25.6 Å². The summed E-state index contributed by atoms with van der Waals surface area (Å²) in [6.07, 6.45) is -2.47. The smallest absolute Gasteiger partial charge is 0.424 e. The fraction of sp³-hybridized carbons (Fsp3) is 0.375. The standard InChI is InChI=1S/C32H28F4N4O5S/c1-15-39-26-22(45-20-8-9-20)10-17(11-23(26)46-15)28(41)38-13-31(43,32(34,35)36)24-12-21-27(25(40-24)16-2-6-19(33)7-3-16)44-14-30(21,29(37)42)18-4-5-18/h2-3,6-7,10-12,18,20,43H,4-5,8-9,13-14H2,1H3,(H2,37,42)(H,38,41)/t30-,31?/m1/s1. The number of halogens is 4. The van der Waals surface area contributed by atoms with Gasteiger partial charge >= 0.3 is 6.18 Å². The first-order valence-corrected chi connectivity index (χ1v) is 15.5. The highest BCUT2D eigenvalue weighted by Gasteiger charge is 2.60. The Morgan fingerprint density at radius 2 is 1.85 bits per heavy atom. The number of nitrogens with zero attached hydrogens (tertiary/aromatic N) is 2. The molecule has 1 aliphatic heterocycles. The van der Waals surface area contributed by atoms with Crippen molar-refractivity contribution in [3.63, 3.8) is 0 Å². The van der Waals surface area contributed by atoms with Gasteiger partial charge in [-0.3, -0.25) is 9.59 Å². The number of aliphatic hydroxyl groups is 1. The normalized spacial score (nSPS) is 20.6. The van der Waals surface area contributed by atoms with E-state index < -0.39 is 47.1 Å². The zero-order valence-electron chi connectivity index (χ0n) is 24.4. The molecule has 4 N–H and O–H groups in total. The number of thiazole rings is 1. The summed E-state index contributed by atoms with van der Waals surface area (Å²) in [6, 6.07) is 8.75. The average Bonchev–Trinajstić information content (AvgIpc) is 3.94. The molecule has 14 heteroatoms. The minimum Gasteiger partial charge on any atom is -0.489 e. The lowest BCUT2D eigenvalue weighted by molar-refractivity contribution is -0.265. The number of primary amides is 1. The van der Waals surface area contributed by atoms with Crippen LogP contribution in [0.3, 0.4) is 0 Å². The third-order valence-corrected chi connectivity index (χ3v) is 9.69. The van der Waals surface area contributed by atoms with E-state index in [1.165, 1.54) is 35.6 Å². The zero-order chi connectivity index (χ0) is 32.6. The number of hydrogen-bond acceptors (Lipinski definition) is 8. The maximum Gasteiger partial charge on any atom is 0.424 e. The largest absolute Gasteiger partial charge is 0.489 e. The summed E-state index contributed by atoms with van der Waals surface area (Å²) in [5.41, 5.74) is 0.539. The van der Waals surface area contributed by atoms with E-state index >= 15 is 0 Å². The van der Waals surface area contributed by atoms with Crippen LogP contribution < -0.4 is 20.5 Å². The molecular formula is C32H28F4N4O5S. The fourth-order valence-electron chi connectivity index (χ4n) is 5.95. The molecule has 3 heterocycles. The number of fused-ring (bicyclic) bond motifs is 2. The number of benzene rings is 2. The van der Waals surface area contributed by atoms with Gasteiger partial charge in [-0.25, -0.2) is 14.4 Å². The van der Waals surface area contributed by atoms with Gasteiger partial charge in [0.25, 0.3) is 5.91 Å². The maximum atomic E-state index is 14.9. The average molecular weight is 657 g/mol. The van der Waals surface area contributed by atoms with Crippen molar-refractivity contribution in [1.29, 1.82) is 0 Å². The van der Waals surface area contributed by atoms with E-state index in [1.54, 1.807) is 6.92 Å². The molecule has 0 spiro atoms. The second-order valence-electron chi connectivity index (χ2n) is 12.1. The fourth-order valence-corrected chi connectivity index (χ4v) is 6.84. The quantitative estimate of drug-likeness (QED) is 0.215. The van der Waals surface area contributed by atoms with Crippen molar-refractivity contribution in [3.8, 4) is 22.8 Å². The number of carbonyl (C=O) groups excluding carboxylic acids is 2. The molecule has 0 radical (unpaired) electrons. The molecule has 240 valence electrons. The number of aromatic nitrogens is 2. The Morgan fingerprint density at radius 1 is 1.13 bits per heavy atom. The predicted molar refractivity (Wildman–Crippen MR) is 159 cm³/mol. The summed E-state index contributed by atoms with van der Waals surface area (Å²) in [7, 11) is 0. The van der Waals surface area contributed by atoms with Gasteiger partial charge in [0, 0.05) is 16.7 Å². The first kappa shape index (κ1) is 30.4. The molecule has 9 nitrogen and oxygen atoms in total. The van der Waals surface area contributed by atoms with Gasteiger partial charge in [-0.15, -0.1) is 11.3 Å². The summed E-state index contributed by atoms with van der Waals surface area (Å²) in [5, 5.41) is 14.4. The number of alkyl halides is 3. The van der Waals surface area contributed by atoms with E-state index in [2.05, 4.69) is 15.3 Å². The van der Waals surface area contributed by atoms with Crippen LogP contribution in [-0.2, 0) is 15.8 Å². The number of aryl methyl sites for hydroxylation is 1. The first-order chi connectivity index (χ1) is 21.8. The lowest BCUT2D eigenvalue weighted by Crippen LogP contribution is -2.52. The first-order valence-electron chi connectivity index (χ1n) is 14.7. The van der Waals surface area contributed by atoms with Gasteiger partial charge in [-0.05, 0) is 81.0 Å². The van der Waals surface area contributed by atoms with Crippen molar-refractivity contribution in [3.05, 3.63) is 70.1 Å².